The molecule has 2 aromatic carbocycles. The Kier molecular flexibility index (Phi) is 10.8. The van der Waals surface area contributed by atoms with Gasteiger partial charge in [-0.3, -0.25) is 14.5 Å². The van der Waals surface area contributed by atoms with E-state index in [-0.39, 0.29) is 37.1 Å². The maximum absolute atomic E-state index is 12.7. The normalized spacial score (nSPS) is 18.1. The van der Waals surface area contributed by atoms with E-state index in [9.17, 15) is 18.0 Å². The van der Waals surface area contributed by atoms with Gasteiger partial charge in [0, 0.05) is 44.8 Å². The first kappa shape index (κ1) is 29.0. The van der Waals surface area contributed by atoms with E-state index in [0.29, 0.717) is 39.3 Å². The van der Waals surface area contributed by atoms with Crippen LogP contribution in [0.5, 0.6) is 5.75 Å². The van der Waals surface area contributed by atoms with Gasteiger partial charge >= 0.3 is 0 Å². The first-order valence-electron chi connectivity index (χ1n) is 13.9. The Morgan fingerprint density at radius 1 is 0.949 bits per heavy atom. The molecule has 9 nitrogen and oxygen atoms in total. The molecular weight excluding hydrogens is 516 g/mol. The Morgan fingerprint density at radius 2 is 1.74 bits per heavy atom. The van der Waals surface area contributed by atoms with Crippen LogP contribution in [0.25, 0.3) is 0 Å². The summed E-state index contributed by atoms with van der Waals surface area (Å²) in [5.41, 5.74) is 2.84. The van der Waals surface area contributed by atoms with Crippen molar-refractivity contribution < 1.29 is 22.7 Å². The van der Waals surface area contributed by atoms with Crippen molar-refractivity contribution in [2.45, 2.75) is 51.6 Å². The van der Waals surface area contributed by atoms with Gasteiger partial charge in [-0.2, -0.15) is 0 Å². The highest BCUT2D eigenvalue weighted by Gasteiger charge is 2.25. The second-order valence-electron chi connectivity index (χ2n) is 10.3. The topological polar surface area (TPSA) is 108 Å². The third-order valence-corrected chi connectivity index (χ3v) is 8.91. The van der Waals surface area contributed by atoms with Gasteiger partial charge in [-0.25, -0.2) is 12.7 Å². The number of benzene rings is 2. The van der Waals surface area contributed by atoms with Gasteiger partial charge in [0.25, 0.3) is 0 Å². The minimum Gasteiger partial charge on any atom is -0.493 e. The number of rotatable bonds is 8. The zero-order valence-corrected chi connectivity index (χ0v) is 23.4. The largest absolute Gasteiger partial charge is 0.493 e. The maximum Gasteiger partial charge on any atom is 0.234 e. The van der Waals surface area contributed by atoms with Crippen LogP contribution in [0.2, 0.25) is 0 Å². The number of nitrogens with one attached hydrogen (secondary N) is 2. The van der Waals surface area contributed by atoms with E-state index < -0.39 is 10.0 Å². The smallest absolute Gasteiger partial charge is 0.234 e. The Morgan fingerprint density at radius 3 is 2.54 bits per heavy atom. The SMILES string of the molecule is O=C(Cc1ccc2c(c1)CN(Cc1ccccc1)CC(=O)NCCCCCO2)NCCS(=O)(=O)N1CCCC1. The summed E-state index contributed by atoms with van der Waals surface area (Å²) in [6, 6.07) is 15.8. The summed E-state index contributed by atoms with van der Waals surface area (Å²) in [6.07, 6.45) is 4.69. The van der Waals surface area contributed by atoms with E-state index in [1.165, 1.54) is 4.31 Å². The predicted molar refractivity (Wildman–Crippen MR) is 151 cm³/mol. The number of hydrogen-bond acceptors (Lipinski definition) is 6. The minimum atomic E-state index is -3.34. The summed E-state index contributed by atoms with van der Waals surface area (Å²) in [5.74, 6) is 0.436. The molecule has 2 amide bonds. The van der Waals surface area contributed by atoms with Crippen LogP contribution in [0.3, 0.4) is 0 Å². The lowest BCUT2D eigenvalue weighted by molar-refractivity contribution is -0.122. The van der Waals surface area contributed by atoms with Crippen LogP contribution in [0.4, 0.5) is 0 Å². The molecule has 0 atom stereocenters. The molecule has 10 heteroatoms. The summed E-state index contributed by atoms with van der Waals surface area (Å²) < 4.78 is 32.5. The van der Waals surface area contributed by atoms with E-state index in [4.69, 9.17) is 4.74 Å². The molecule has 0 bridgehead atoms. The van der Waals surface area contributed by atoms with Crippen molar-refractivity contribution >= 4 is 21.8 Å². The fourth-order valence-electron chi connectivity index (χ4n) is 4.99. The quantitative estimate of drug-likeness (QED) is 0.517. The minimum absolute atomic E-state index is 0.00735. The third-order valence-electron chi connectivity index (χ3n) is 7.04. The van der Waals surface area contributed by atoms with E-state index >= 15 is 0 Å². The molecule has 0 radical (unpaired) electrons. The fraction of sp³-hybridized carbons (Fsp3) is 0.517. The van der Waals surface area contributed by atoms with Crippen LogP contribution >= 0.6 is 0 Å². The molecule has 0 aromatic heterocycles. The first-order chi connectivity index (χ1) is 18.9. The van der Waals surface area contributed by atoms with E-state index in [1.807, 2.05) is 48.5 Å². The highest BCUT2D eigenvalue weighted by Crippen LogP contribution is 2.24. The molecule has 1 fully saturated rings. The first-order valence-corrected chi connectivity index (χ1v) is 15.5. The zero-order chi connectivity index (χ0) is 27.5. The van der Waals surface area contributed by atoms with Crippen LogP contribution in [0.15, 0.2) is 48.5 Å². The van der Waals surface area contributed by atoms with E-state index in [0.717, 1.165) is 54.5 Å². The molecule has 0 spiro atoms. The molecule has 2 aromatic rings. The Balaban J connectivity index is 1.44. The second-order valence-corrected chi connectivity index (χ2v) is 12.4. The number of ether oxygens (including phenoxy) is 1. The van der Waals surface area contributed by atoms with Crippen molar-refractivity contribution in [3.8, 4) is 5.75 Å². The number of hydrogen-bond donors (Lipinski definition) is 2. The monoisotopic (exact) mass is 556 g/mol. The van der Waals surface area contributed by atoms with Crippen molar-refractivity contribution in [3.05, 3.63) is 65.2 Å². The molecule has 0 saturated carbocycles. The highest BCUT2D eigenvalue weighted by atomic mass is 32.2. The lowest BCUT2D eigenvalue weighted by atomic mass is 10.1. The lowest BCUT2D eigenvalue weighted by Crippen LogP contribution is -2.37. The van der Waals surface area contributed by atoms with Gasteiger partial charge < -0.3 is 15.4 Å². The van der Waals surface area contributed by atoms with Gasteiger partial charge in [0.05, 0.1) is 25.3 Å². The van der Waals surface area contributed by atoms with Crippen LogP contribution in [0.1, 0.15) is 48.8 Å². The average molecular weight is 557 g/mol. The summed E-state index contributed by atoms with van der Waals surface area (Å²) in [5, 5.41) is 5.79. The number of amides is 2. The number of carbonyl (C=O) groups excluding carboxylic acids is 2. The highest BCUT2D eigenvalue weighted by molar-refractivity contribution is 7.89. The van der Waals surface area contributed by atoms with Gasteiger partial charge in [-0.05, 0) is 49.3 Å². The van der Waals surface area contributed by atoms with Crippen LogP contribution in [0, 0.1) is 0 Å². The molecular formula is C29H40N4O5S. The average Bonchev–Trinajstić information content (AvgIpc) is 3.46. The van der Waals surface area contributed by atoms with Crippen molar-refractivity contribution in [1.29, 1.82) is 0 Å². The summed E-state index contributed by atoms with van der Waals surface area (Å²) in [4.78, 5) is 27.4. The second kappa shape index (κ2) is 14.4. The molecule has 4 rings (SSSR count). The molecule has 2 N–H and O–H groups in total. The molecule has 2 heterocycles. The van der Waals surface area contributed by atoms with Gasteiger partial charge in [-0.15, -0.1) is 0 Å². The van der Waals surface area contributed by atoms with Gasteiger partial charge in [-0.1, -0.05) is 42.5 Å². The fourth-order valence-corrected chi connectivity index (χ4v) is 6.43. The zero-order valence-electron chi connectivity index (χ0n) is 22.6. The van der Waals surface area contributed by atoms with E-state index in [1.54, 1.807) is 0 Å². The van der Waals surface area contributed by atoms with Gasteiger partial charge in [0.15, 0.2) is 0 Å². The van der Waals surface area contributed by atoms with Crippen molar-refractivity contribution in [3.63, 3.8) is 0 Å². The molecule has 212 valence electrons. The lowest BCUT2D eigenvalue weighted by Gasteiger charge is -2.23. The van der Waals surface area contributed by atoms with Crippen molar-refractivity contribution in [1.82, 2.24) is 19.8 Å². The van der Waals surface area contributed by atoms with Crippen LogP contribution in [-0.2, 0) is 39.1 Å². The molecule has 0 aliphatic carbocycles. The Bertz CT molecular complexity index is 1200. The number of carbonyl (C=O) groups is 2. The number of nitrogens with zero attached hydrogens (tertiary/aromatic N) is 2. The van der Waals surface area contributed by atoms with Crippen molar-refractivity contribution in [2.24, 2.45) is 0 Å². The predicted octanol–water partition coefficient (Wildman–Crippen LogP) is 2.45. The van der Waals surface area contributed by atoms with E-state index in [2.05, 4.69) is 15.5 Å². The maximum atomic E-state index is 12.7. The van der Waals surface area contributed by atoms with Gasteiger partial charge in [0.1, 0.15) is 5.75 Å². The Hall–Kier alpha value is -2.95. The number of sulfonamides is 1. The van der Waals surface area contributed by atoms with Gasteiger partial charge in [0.2, 0.25) is 21.8 Å². The molecule has 2 aliphatic heterocycles. The van der Waals surface area contributed by atoms with Crippen LogP contribution < -0.4 is 15.4 Å². The molecule has 1 saturated heterocycles. The Labute approximate surface area is 231 Å². The molecule has 2 aliphatic rings. The summed E-state index contributed by atoms with van der Waals surface area (Å²) in [6.45, 7) is 3.81. The summed E-state index contributed by atoms with van der Waals surface area (Å²) in [7, 11) is -3.34. The van der Waals surface area contributed by atoms with Crippen molar-refractivity contribution in [2.75, 3.05) is 45.1 Å². The standard InChI is InChI=1S/C29H40N4O5S/c34-28(31-14-18-39(36,37)33-15-6-7-16-33)20-25-11-12-27-26(19-25)22-32(21-24-9-3-1-4-10-24)23-29(35)30-13-5-2-8-17-38-27/h1,3-4,9-12,19H,2,5-8,13-18,20-23H2,(H,30,35)(H,31,34). The molecule has 0 unspecified atom stereocenters. The molecule has 39 heavy (non-hydrogen) atoms. The van der Waals surface area contributed by atoms with Crippen LogP contribution in [-0.4, -0.2) is 74.5 Å². The summed E-state index contributed by atoms with van der Waals surface area (Å²) >= 11 is 0. The third kappa shape index (κ3) is 9.33. The number of fused-ring (bicyclic) bond motifs is 1.